The van der Waals surface area contributed by atoms with E-state index < -0.39 is 0 Å². The molecule has 1 aromatic carbocycles. The van der Waals surface area contributed by atoms with E-state index in [0.717, 1.165) is 0 Å². The van der Waals surface area contributed by atoms with Gasteiger partial charge in [-0.25, -0.2) is 4.39 Å². The molecule has 0 saturated carbocycles. The predicted molar refractivity (Wildman–Crippen MR) is 73.7 cm³/mol. The minimum absolute atomic E-state index is 0.111. The van der Waals surface area contributed by atoms with E-state index in [2.05, 4.69) is 20.8 Å². The average Bonchev–Trinajstić information content (AvgIpc) is 2.98. The van der Waals surface area contributed by atoms with Crippen LogP contribution in [0.25, 0.3) is 0 Å². The Balaban J connectivity index is 1.74. The zero-order valence-electron chi connectivity index (χ0n) is 11.2. The summed E-state index contributed by atoms with van der Waals surface area (Å²) in [6.45, 7) is 2.89. The van der Waals surface area contributed by atoms with Crippen LogP contribution in [-0.2, 0) is 0 Å². The van der Waals surface area contributed by atoms with Crippen molar-refractivity contribution in [3.05, 3.63) is 53.6 Å². The fourth-order valence-electron chi connectivity index (χ4n) is 1.88. The lowest BCUT2D eigenvalue weighted by atomic mass is 10.1. The largest absolute Gasteiger partial charge is 0.349 e. The Kier molecular flexibility index (Phi) is 4.84. The summed E-state index contributed by atoms with van der Waals surface area (Å²) >= 11 is 0. The molecule has 0 saturated heterocycles. The molecule has 1 unspecified atom stereocenters. The SMILES string of the molecule is CC(NCCNC(=O)c1ccn[nH]1)c1ccccc1F. The first-order valence-electron chi connectivity index (χ1n) is 6.44. The van der Waals surface area contributed by atoms with E-state index in [-0.39, 0.29) is 17.8 Å². The number of carbonyl (C=O) groups is 1. The molecule has 0 bridgehead atoms. The highest BCUT2D eigenvalue weighted by Gasteiger charge is 2.09. The van der Waals surface area contributed by atoms with E-state index in [9.17, 15) is 9.18 Å². The average molecular weight is 276 g/mol. The normalized spacial score (nSPS) is 12.1. The van der Waals surface area contributed by atoms with E-state index in [1.54, 1.807) is 24.3 Å². The number of benzene rings is 1. The third-order valence-corrected chi connectivity index (χ3v) is 2.98. The van der Waals surface area contributed by atoms with E-state index in [4.69, 9.17) is 0 Å². The molecule has 1 heterocycles. The maximum absolute atomic E-state index is 13.5. The minimum Gasteiger partial charge on any atom is -0.349 e. The zero-order chi connectivity index (χ0) is 14.4. The van der Waals surface area contributed by atoms with Crippen molar-refractivity contribution in [2.45, 2.75) is 13.0 Å². The molecule has 2 rings (SSSR count). The summed E-state index contributed by atoms with van der Waals surface area (Å²) in [6, 6.07) is 8.14. The van der Waals surface area contributed by atoms with Gasteiger partial charge in [0.2, 0.25) is 0 Å². The lowest BCUT2D eigenvalue weighted by molar-refractivity contribution is 0.0948. The van der Waals surface area contributed by atoms with Crippen LogP contribution in [0.5, 0.6) is 0 Å². The van der Waals surface area contributed by atoms with Crippen LogP contribution in [-0.4, -0.2) is 29.2 Å². The second-order valence-electron chi connectivity index (χ2n) is 4.42. The third-order valence-electron chi connectivity index (χ3n) is 2.98. The van der Waals surface area contributed by atoms with Crippen molar-refractivity contribution in [1.29, 1.82) is 0 Å². The van der Waals surface area contributed by atoms with Gasteiger partial charge in [0.1, 0.15) is 11.5 Å². The van der Waals surface area contributed by atoms with Crippen molar-refractivity contribution in [2.75, 3.05) is 13.1 Å². The molecule has 0 spiro atoms. The monoisotopic (exact) mass is 276 g/mol. The summed E-state index contributed by atoms with van der Waals surface area (Å²) in [4.78, 5) is 11.6. The fourth-order valence-corrected chi connectivity index (χ4v) is 1.88. The molecule has 1 amide bonds. The second kappa shape index (κ2) is 6.81. The van der Waals surface area contributed by atoms with Gasteiger partial charge in [0.05, 0.1) is 0 Å². The highest BCUT2D eigenvalue weighted by Crippen LogP contribution is 2.15. The molecule has 3 N–H and O–H groups in total. The van der Waals surface area contributed by atoms with E-state index in [0.29, 0.717) is 24.3 Å². The van der Waals surface area contributed by atoms with Crippen molar-refractivity contribution < 1.29 is 9.18 Å². The predicted octanol–water partition coefficient (Wildman–Crippen LogP) is 1.63. The molecule has 1 aromatic heterocycles. The Bertz CT molecular complexity index is 556. The van der Waals surface area contributed by atoms with Crippen LogP contribution in [0.4, 0.5) is 4.39 Å². The third kappa shape index (κ3) is 3.64. The fraction of sp³-hybridized carbons (Fsp3) is 0.286. The second-order valence-corrected chi connectivity index (χ2v) is 4.42. The Morgan fingerprint density at radius 3 is 2.85 bits per heavy atom. The first-order valence-corrected chi connectivity index (χ1v) is 6.44. The number of nitrogens with zero attached hydrogens (tertiary/aromatic N) is 1. The zero-order valence-corrected chi connectivity index (χ0v) is 11.2. The van der Waals surface area contributed by atoms with Crippen LogP contribution in [0, 0.1) is 5.82 Å². The molecule has 5 nitrogen and oxygen atoms in total. The van der Waals surface area contributed by atoms with Crippen molar-refractivity contribution in [3.8, 4) is 0 Å². The maximum Gasteiger partial charge on any atom is 0.269 e. The van der Waals surface area contributed by atoms with Gasteiger partial charge in [-0.1, -0.05) is 18.2 Å². The number of halogens is 1. The molecule has 6 heteroatoms. The standard InChI is InChI=1S/C14H17FN4O/c1-10(11-4-2-3-5-12(11)15)16-8-9-17-14(20)13-6-7-18-19-13/h2-7,10,16H,8-9H2,1H3,(H,17,20)(H,18,19). The molecule has 1 atom stereocenters. The number of aromatic amines is 1. The van der Waals surface area contributed by atoms with Gasteiger partial charge in [-0.05, 0) is 19.1 Å². The molecule has 0 aliphatic heterocycles. The van der Waals surface area contributed by atoms with Crippen LogP contribution >= 0.6 is 0 Å². The smallest absolute Gasteiger partial charge is 0.269 e. The van der Waals surface area contributed by atoms with Gasteiger partial charge in [-0.15, -0.1) is 0 Å². The maximum atomic E-state index is 13.5. The molecule has 0 aliphatic rings. The van der Waals surface area contributed by atoms with Crippen LogP contribution in [0.3, 0.4) is 0 Å². The Morgan fingerprint density at radius 2 is 2.15 bits per heavy atom. The molecule has 2 aromatic rings. The summed E-state index contributed by atoms with van der Waals surface area (Å²) < 4.78 is 13.5. The Morgan fingerprint density at radius 1 is 1.35 bits per heavy atom. The summed E-state index contributed by atoms with van der Waals surface area (Å²) in [6.07, 6.45) is 1.52. The van der Waals surface area contributed by atoms with Crippen molar-refractivity contribution in [1.82, 2.24) is 20.8 Å². The topological polar surface area (TPSA) is 69.8 Å². The highest BCUT2D eigenvalue weighted by molar-refractivity contribution is 5.92. The number of hydrogen-bond acceptors (Lipinski definition) is 3. The van der Waals surface area contributed by atoms with Crippen LogP contribution in [0.15, 0.2) is 36.5 Å². The first kappa shape index (κ1) is 14.2. The number of rotatable bonds is 6. The van der Waals surface area contributed by atoms with E-state index in [1.165, 1.54) is 12.3 Å². The van der Waals surface area contributed by atoms with Gasteiger partial charge < -0.3 is 10.6 Å². The lowest BCUT2D eigenvalue weighted by Crippen LogP contribution is -2.33. The first-order chi connectivity index (χ1) is 9.68. The van der Waals surface area contributed by atoms with Crippen LogP contribution in [0.1, 0.15) is 29.0 Å². The molecule has 0 fully saturated rings. The quantitative estimate of drug-likeness (QED) is 0.702. The van der Waals surface area contributed by atoms with Crippen LogP contribution < -0.4 is 10.6 Å². The lowest BCUT2D eigenvalue weighted by Gasteiger charge is -2.15. The number of H-pyrrole nitrogens is 1. The van der Waals surface area contributed by atoms with Gasteiger partial charge in [0.25, 0.3) is 5.91 Å². The number of nitrogens with one attached hydrogen (secondary N) is 3. The van der Waals surface area contributed by atoms with Crippen molar-refractivity contribution >= 4 is 5.91 Å². The molecular formula is C14H17FN4O. The molecule has 0 radical (unpaired) electrons. The summed E-state index contributed by atoms with van der Waals surface area (Å²) in [5.74, 6) is -0.433. The van der Waals surface area contributed by atoms with Gasteiger partial charge in [-0.2, -0.15) is 5.10 Å². The van der Waals surface area contributed by atoms with Gasteiger partial charge in [-0.3, -0.25) is 9.89 Å². The summed E-state index contributed by atoms with van der Waals surface area (Å²) in [5.41, 5.74) is 1.04. The highest BCUT2D eigenvalue weighted by atomic mass is 19.1. The van der Waals surface area contributed by atoms with Gasteiger partial charge in [0.15, 0.2) is 0 Å². The number of hydrogen-bond donors (Lipinski definition) is 3. The Labute approximate surface area is 116 Å². The van der Waals surface area contributed by atoms with Crippen LogP contribution in [0.2, 0.25) is 0 Å². The number of aromatic nitrogens is 2. The molecule has 106 valence electrons. The number of amides is 1. The number of carbonyl (C=O) groups excluding carboxylic acids is 1. The van der Waals surface area contributed by atoms with Crippen molar-refractivity contribution in [3.63, 3.8) is 0 Å². The van der Waals surface area contributed by atoms with Crippen molar-refractivity contribution in [2.24, 2.45) is 0 Å². The van der Waals surface area contributed by atoms with Gasteiger partial charge >= 0.3 is 0 Å². The summed E-state index contributed by atoms with van der Waals surface area (Å²) in [5, 5.41) is 12.2. The minimum atomic E-state index is -0.228. The Hall–Kier alpha value is -2.21. The van der Waals surface area contributed by atoms with E-state index in [1.807, 2.05) is 6.92 Å². The summed E-state index contributed by atoms with van der Waals surface area (Å²) in [7, 11) is 0. The molecule has 0 aliphatic carbocycles. The van der Waals surface area contributed by atoms with Gasteiger partial charge in [0, 0.05) is 30.9 Å². The molecule has 20 heavy (non-hydrogen) atoms. The molecular weight excluding hydrogens is 259 g/mol. The van der Waals surface area contributed by atoms with E-state index >= 15 is 0 Å².